The Morgan fingerprint density at radius 1 is 1.40 bits per heavy atom. The van der Waals surface area contributed by atoms with E-state index in [-0.39, 0.29) is 17.9 Å². The zero-order chi connectivity index (χ0) is 11.4. The van der Waals surface area contributed by atoms with Crippen molar-refractivity contribution in [1.29, 1.82) is 0 Å². The van der Waals surface area contributed by atoms with Gasteiger partial charge in [0.25, 0.3) is 0 Å². The molecule has 0 aromatic heterocycles. The highest BCUT2D eigenvalue weighted by Gasteiger charge is 2.17. The average molecular weight is 209 g/mol. The first-order valence-electron chi connectivity index (χ1n) is 4.66. The molecule has 0 saturated carbocycles. The van der Waals surface area contributed by atoms with Crippen molar-refractivity contribution < 1.29 is 14.6 Å². The van der Waals surface area contributed by atoms with E-state index in [2.05, 4.69) is 4.74 Å². The number of ether oxygens (including phenoxy) is 1. The van der Waals surface area contributed by atoms with Gasteiger partial charge in [-0.1, -0.05) is 12.1 Å². The van der Waals surface area contributed by atoms with E-state index in [0.717, 1.165) is 5.56 Å². The molecule has 15 heavy (non-hydrogen) atoms. The predicted octanol–water partition coefficient (Wildman–Crippen LogP) is 2.15. The van der Waals surface area contributed by atoms with Crippen LogP contribution >= 0.6 is 0 Å². The molecule has 1 aromatic carbocycles. The number of amides is 1. The minimum atomic E-state index is -0.379. The van der Waals surface area contributed by atoms with E-state index in [1.54, 1.807) is 31.3 Å². The molecule has 1 N–H and O–H groups in total. The van der Waals surface area contributed by atoms with Gasteiger partial charge in [0.2, 0.25) is 0 Å². The van der Waals surface area contributed by atoms with E-state index in [9.17, 15) is 4.79 Å². The van der Waals surface area contributed by atoms with Crippen LogP contribution in [0.3, 0.4) is 0 Å². The Hall–Kier alpha value is -1.71. The summed E-state index contributed by atoms with van der Waals surface area (Å²) in [6.07, 6.45) is -0.379. The molecule has 1 rings (SSSR count). The smallest absolute Gasteiger partial charge is 0.409 e. The van der Waals surface area contributed by atoms with Gasteiger partial charge in [-0.25, -0.2) is 4.79 Å². The van der Waals surface area contributed by atoms with Gasteiger partial charge in [0.15, 0.2) is 0 Å². The van der Waals surface area contributed by atoms with Crippen molar-refractivity contribution in [3.8, 4) is 5.75 Å². The van der Waals surface area contributed by atoms with Crippen LogP contribution in [0.1, 0.15) is 18.5 Å². The van der Waals surface area contributed by atoms with Gasteiger partial charge in [-0.05, 0) is 24.6 Å². The Labute approximate surface area is 89.1 Å². The Morgan fingerprint density at radius 2 is 1.93 bits per heavy atom. The Bertz CT molecular complexity index is 334. The minimum absolute atomic E-state index is 0.0851. The Balaban J connectivity index is 2.80. The summed E-state index contributed by atoms with van der Waals surface area (Å²) < 4.78 is 4.62. The van der Waals surface area contributed by atoms with E-state index >= 15 is 0 Å². The van der Waals surface area contributed by atoms with E-state index < -0.39 is 0 Å². The highest BCUT2D eigenvalue weighted by Crippen LogP contribution is 2.21. The lowest BCUT2D eigenvalue weighted by atomic mass is 10.1. The van der Waals surface area contributed by atoms with Gasteiger partial charge in [-0.2, -0.15) is 0 Å². The van der Waals surface area contributed by atoms with E-state index in [4.69, 9.17) is 5.11 Å². The molecule has 1 amide bonds. The van der Waals surface area contributed by atoms with Gasteiger partial charge in [-0.15, -0.1) is 0 Å². The summed E-state index contributed by atoms with van der Waals surface area (Å²) in [5.41, 5.74) is 0.945. The summed E-state index contributed by atoms with van der Waals surface area (Å²) in [7, 11) is 3.02. The normalized spacial score (nSPS) is 11.9. The molecule has 1 unspecified atom stereocenters. The molecule has 4 heteroatoms. The van der Waals surface area contributed by atoms with Crippen molar-refractivity contribution in [2.24, 2.45) is 0 Å². The van der Waals surface area contributed by atoms with Crippen molar-refractivity contribution >= 4 is 6.09 Å². The van der Waals surface area contributed by atoms with Crippen LogP contribution in [0.15, 0.2) is 24.3 Å². The fraction of sp³-hybridized carbons (Fsp3) is 0.364. The summed E-state index contributed by atoms with van der Waals surface area (Å²) in [4.78, 5) is 12.7. The van der Waals surface area contributed by atoms with Gasteiger partial charge in [0.1, 0.15) is 5.75 Å². The molecule has 0 heterocycles. The molecule has 0 saturated heterocycles. The van der Waals surface area contributed by atoms with Crippen molar-refractivity contribution in [2.45, 2.75) is 13.0 Å². The van der Waals surface area contributed by atoms with Crippen molar-refractivity contribution in [3.05, 3.63) is 29.8 Å². The van der Waals surface area contributed by atoms with Gasteiger partial charge in [0.05, 0.1) is 13.2 Å². The van der Waals surface area contributed by atoms with Gasteiger partial charge >= 0.3 is 6.09 Å². The SMILES string of the molecule is COC(=O)N(C)C(C)c1ccc(O)cc1. The quantitative estimate of drug-likeness (QED) is 0.811. The van der Waals surface area contributed by atoms with E-state index in [1.807, 2.05) is 6.92 Å². The zero-order valence-electron chi connectivity index (χ0n) is 9.10. The highest BCUT2D eigenvalue weighted by molar-refractivity contribution is 5.67. The molecule has 0 spiro atoms. The lowest BCUT2D eigenvalue weighted by Crippen LogP contribution is -2.29. The standard InChI is InChI=1S/C11H15NO3/c1-8(12(2)11(14)15-3)9-4-6-10(13)7-5-9/h4-8,13H,1-3H3. The molecule has 0 radical (unpaired) electrons. The van der Waals surface area contributed by atoms with Gasteiger partial charge in [-0.3, -0.25) is 0 Å². The second-order valence-corrected chi connectivity index (χ2v) is 3.35. The number of carbonyl (C=O) groups is 1. The number of nitrogens with zero attached hydrogens (tertiary/aromatic N) is 1. The Kier molecular flexibility index (Phi) is 3.55. The molecular formula is C11H15NO3. The maximum atomic E-state index is 11.2. The average Bonchev–Trinajstić information content (AvgIpc) is 2.27. The number of hydrogen-bond acceptors (Lipinski definition) is 3. The summed E-state index contributed by atoms with van der Waals surface area (Å²) >= 11 is 0. The monoisotopic (exact) mass is 209 g/mol. The second kappa shape index (κ2) is 4.68. The maximum Gasteiger partial charge on any atom is 0.409 e. The van der Waals surface area contributed by atoms with Crippen molar-refractivity contribution in [1.82, 2.24) is 4.90 Å². The van der Waals surface area contributed by atoms with Crippen molar-refractivity contribution in [3.63, 3.8) is 0 Å². The summed E-state index contributed by atoms with van der Waals surface area (Å²) in [6.45, 7) is 1.89. The fourth-order valence-electron chi connectivity index (χ4n) is 1.28. The number of phenolic OH excluding ortho intramolecular Hbond substituents is 1. The number of phenols is 1. The topological polar surface area (TPSA) is 49.8 Å². The lowest BCUT2D eigenvalue weighted by Gasteiger charge is -2.23. The number of rotatable bonds is 2. The van der Waals surface area contributed by atoms with Gasteiger partial charge in [0, 0.05) is 7.05 Å². The van der Waals surface area contributed by atoms with Crippen molar-refractivity contribution in [2.75, 3.05) is 14.2 Å². The predicted molar refractivity (Wildman–Crippen MR) is 56.7 cm³/mol. The molecule has 1 aromatic rings. The van der Waals surface area contributed by atoms with Crippen LogP contribution in [-0.2, 0) is 4.74 Å². The van der Waals surface area contributed by atoms with Gasteiger partial charge < -0.3 is 14.7 Å². The fourth-order valence-corrected chi connectivity index (χ4v) is 1.28. The molecule has 0 fully saturated rings. The van der Waals surface area contributed by atoms with Crippen LogP contribution in [0.5, 0.6) is 5.75 Å². The van der Waals surface area contributed by atoms with Crippen LogP contribution in [-0.4, -0.2) is 30.3 Å². The highest BCUT2D eigenvalue weighted by atomic mass is 16.5. The summed E-state index contributed by atoms with van der Waals surface area (Å²) in [5, 5.41) is 9.13. The molecule has 0 aliphatic heterocycles. The molecular weight excluding hydrogens is 194 g/mol. The molecule has 0 aliphatic carbocycles. The number of benzene rings is 1. The second-order valence-electron chi connectivity index (χ2n) is 3.35. The number of aromatic hydroxyl groups is 1. The maximum absolute atomic E-state index is 11.2. The molecule has 0 aliphatic rings. The number of methoxy groups -OCH3 is 1. The lowest BCUT2D eigenvalue weighted by molar-refractivity contribution is 0.120. The molecule has 82 valence electrons. The third-order valence-corrected chi connectivity index (χ3v) is 2.42. The van der Waals surface area contributed by atoms with Crippen LogP contribution in [0, 0.1) is 0 Å². The third kappa shape index (κ3) is 2.62. The Morgan fingerprint density at radius 3 is 2.40 bits per heavy atom. The number of carbonyl (C=O) groups excluding carboxylic acids is 1. The van der Waals surface area contributed by atoms with Crippen LogP contribution in [0.25, 0.3) is 0 Å². The van der Waals surface area contributed by atoms with E-state index in [0.29, 0.717) is 0 Å². The zero-order valence-corrected chi connectivity index (χ0v) is 9.10. The summed E-state index contributed by atoms with van der Waals surface area (Å²) in [6, 6.07) is 6.66. The van der Waals surface area contributed by atoms with E-state index in [1.165, 1.54) is 12.0 Å². The number of hydrogen-bond donors (Lipinski definition) is 1. The first-order chi connectivity index (χ1) is 7.06. The largest absolute Gasteiger partial charge is 0.508 e. The van der Waals surface area contributed by atoms with Crippen LogP contribution in [0.4, 0.5) is 4.79 Å². The molecule has 1 atom stereocenters. The first kappa shape index (κ1) is 11.4. The summed E-state index contributed by atoms with van der Waals surface area (Å²) in [5.74, 6) is 0.215. The third-order valence-electron chi connectivity index (χ3n) is 2.42. The minimum Gasteiger partial charge on any atom is -0.508 e. The van der Waals surface area contributed by atoms with Crippen LogP contribution in [0.2, 0.25) is 0 Å². The molecule has 4 nitrogen and oxygen atoms in total. The first-order valence-corrected chi connectivity index (χ1v) is 4.66. The van der Waals surface area contributed by atoms with Crippen LogP contribution < -0.4 is 0 Å². The molecule has 0 bridgehead atoms.